The van der Waals surface area contributed by atoms with Crippen LogP contribution in [0, 0.1) is 12.8 Å². The SMILES string of the molecule is CCC(CC)Cn1ccnc1C. The van der Waals surface area contributed by atoms with Crippen LogP contribution in [0.3, 0.4) is 0 Å². The van der Waals surface area contributed by atoms with Crippen molar-refractivity contribution in [2.75, 3.05) is 0 Å². The zero-order chi connectivity index (χ0) is 8.97. The van der Waals surface area contributed by atoms with Crippen molar-refractivity contribution in [2.24, 2.45) is 5.92 Å². The fourth-order valence-electron chi connectivity index (χ4n) is 1.42. The van der Waals surface area contributed by atoms with Crippen LogP contribution in [0.2, 0.25) is 0 Å². The second kappa shape index (κ2) is 4.29. The van der Waals surface area contributed by atoms with E-state index in [1.165, 1.54) is 12.8 Å². The van der Waals surface area contributed by atoms with E-state index in [2.05, 4.69) is 36.5 Å². The van der Waals surface area contributed by atoms with E-state index in [1.807, 2.05) is 6.20 Å². The summed E-state index contributed by atoms with van der Waals surface area (Å²) in [5, 5.41) is 0. The van der Waals surface area contributed by atoms with Crippen molar-refractivity contribution in [1.82, 2.24) is 9.55 Å². The Morgan fingerprint density at radius 2 is 2.08 bits per heavy atom. The molecule has 0 aliphatic rings. The smallest absolute Gasteiger partial charge is 0.105 e. The lowest BCUT2D eigenvalue weighted by atomic mass is 10.0. The van der Waals surface area contributed by atoms with Crippen molar-refractivity contribution >= 4 is 0 Å². The number of hydrogen-bond donors (Lipinski definition) is 0. The van der Waals surface area contributed by atoms with Crippen LogP contribution < -0.4 is 0 Å². The zero-order valence-corrected chi connectivity index (χ0v) is 8.25. The summed E-state index contributed by atoms with van der Waals surface area (Å²) in [6, 6.07) is 0. The molecule has 2 heteroatoms. The Kier molecular flexibility index (Phi) is 3.32. The molecule has 0 bridgehead atoms. The molecule has 0 saturated heterocycles. The van der Waals surface area contributed by atoms with Gasteiger partial charge in [0.2, 0.25) is 0 Å². The van der Waals surface area contributed by atoms with Crippen molar-refractivity contribution < 1.29 is 0 Å². The molecule has 1 heterocycles. The van der Waals surface area contributed by atoms with Gasteiger partial charge in [0.1, 0.15) is 5.82 Å². The molecule has 1 aromatic rings. The van der Waals surface area contributed by atoms with Gasteiger partial charge in [-0.2, -0.15) is 0 Å². The van der Waals surface area contributed by atoms with Gasteiger partial charge in [0.15, 0.2) is 0 Å². The zero-order valence-electron chi connectivity index (χ0n) is 8.25. The van der Waals surface area contributed by atoms with Crippen LogP contribution in [0.5, 0.6) is 0 Å². The lowest BCUT2D eigenvalue weighted by molar-refractivity contribution is 0.414. The lowest BCUT2D eigenvalue weighted by Crippen LogP contribution is -2.09. The van der Waals surface area contributed by atoms with Crippen LogP contribution in [-0.2, 0) is 6.54 Å². The van der Waals surface area contributed by atoms with Gasteiger partial charge in [-0.15, -0.1) is 0 Å². The molecular weight excluding hydrogens is 148 g/mol. The minimum atomic E-state index is 0.804. The summed E-state index contributed by atoms with van der Waals surface area (Å²) in [6.07, 6.45) is 6.45. The molecule has 0 aliphatic heterocycles. The Morgan fingerprint density at radius 3 is 2.50 bits per heavy atom. The topological polar surface area (TPSA) is 17.8 Å². The molecular formula is C10H18N2. The molecule has 2 nitrogen and oxygen atoms in total. The maximum absolute atomic E-state index is 4.20. The fourth-order valence-corrected chi connectivity index (χ4v) is 1.42. The first-order valence-corrected chi connectivity index (χ1v) is 4.75. The molecule has 0 fully saturated rings. The van der Waals surface area contributed by atoms with E-state index in [1.54, 1.807) is 0 Å². The van der Waals surface area contributed by atoms with Gasteiger partial charge < -0.3 is 4.57 Å². The molecule has 0 saturated carbocycles. The molecule has 0 aromatic carbocycles. The van der Waals surface area contributed by atoms with Gasteiger partial charge in [-0.05, 0) is 12.8 Å². The van der Waals surface area contributed by atoms with Crippen LogP contribution in [0.25, 0.3) is 0 Å². The molecule has 0 aliphatic carbocycles. The molecule has 0 amide bonds. The summed E-state index contributed by atoms with van der Waals surface area (Å²) in [6.45, 7) is 7.68. The molecule has 0 unspecified atom stereocenters. The molecule has 68 valence electrons. The Bertz CT molecular complexity index is 223. The van der Waals surface area contributed by atoms with Gasteiger partial charge in [0.25, 0.3) is 0 Å². The third-order valence-corrected chi connectivity index (χ3v) is 2.53. The van der Waals surface area contributed by atoms with Crippen LogP contribution in [-0.4, -0.2) is 9.55 Å². The van der Waals surface area contributed by atoms with Gasteiger partial charge in [0.05, 0.1) is 0 Å². The molecule has 0 radical (unpaired) electrons. The highest BCUT2D eigenvalue weighted by Gasteiger charge is 2.05. The van der Waals surface area contributed by atoms with E-state index >= 15 is 0 Å². The molecule has 1 rings (SSSR count). The number of imidazole rings is 1. The van der Waals surface area contributed by atoms with Crippen LogP contribution in [0.4, 0.5) is 0 Å². The predicted molar refractivity (Wildman–Crippen MR) is 51.0 cm³/mol. The standard InChI is InChI=1S/C10H18N2/c1-4-10(5-2)8-12-7-6-11-9(12)3/h6-7,10H,4-5,8H2,1-3H3. The van der Waals surface area contributed by atoms with Crippen LogP contribution in [0.1, 0.15) is 32.5 Å². The summed E-state index contributed by atoms with van der Waals surface area (Å²) < 4.78 is 2.23. The summed E-state index contributed by atoms with van der Waals surface area (Å²) in [4.78, 5) is 4.20. The number of nitrogens with zero attached hydrogens (tertiary/aromatic N) is 2. The maximum atomic E-state index is 4.20. The first-order chi connectivity index (χ1) is 5.77. The first-order valence-electron chi connectivity index (χ1n) is 4.75. The van der Waals surface area contributed by atoms with Gasteiger partial charge in [-0.1, -0.05) is 26.7 Å². The van der Waals surface area contributed by atoms with Crippen LogP contribution in [0.15, 0.2) is 12.4 Å². The normalized spacial score (nSPS) is 11.0. The van der Waals surface area contributed by atoms with Crippen LogP contribution >= 0.6 is 0 Å². The summed E-state index contributed by atoms with van der Waals surface area (Å²) in [7, 11) is 0. The average molecular weight is 166 g/mol. The van der Waals surface area contributed by atoms with E-state index in [-0.39, 0.29) is 0 Å². The molecule has 0 N–H and O–H groups in total. The van der Waals surface area contributed by atoms with E-state index in [0.29, 0.717) is 0 Å². The second-order valence-corrected chi connectivity index (χ2v) is 3.31. The largest absolute Gasteiger partial charge is 0.335 e. The quantitative estimate of drug-likeness (QED) is 0.672. The third-order valence-electron chi connectivity index (χ3n) is 2.53. The van der Waals surface area contributed by atoms with Crippen molar-refractivity contribution in [3.63, 3.8) is 0 Å². The van der Waals surface area contributed by atoms with Gasteiger partial charge >= 0.3 is 0 Å². The highest BCUT2D eigenvalue weighted by atomic mass is 15.1. The van der Waals surface area contributed by atoms with E-state index in [4.69, 9.17) is 0 Å². The minimum absolute atomic E-state index is 0.804. The van der Waals surface area contributed by atoms with Crippen molar-refractivity contribution in [3.05, 3.63) is 18.2 Å². The van der Waals surface area contributed by atoms with E-state index in [0.717, 1.165) is 18.3 Å². The minimum Gasteiger partial charge on any atom is -0.335 e. The van der Waals surface area contributed by atoms with Crippen molar-refractivity contribution in [3.8, 4) is 0 Å². The molecule has 0 atom stereocenters. The molecule has 0 spiro atoms. The first kappa shape index (κ1) is 9.30. The number of aromatic nitrogens is 2. The number of rotatable bonds is 4. The van der Waals surface area contributed by atoms with E-state index < -0.39 is 0 Å². The monoisotopic (exact) mass is 166 g/mol. The van der Waals surface area contributed by atoms with Gasteiger partial charge in [0, 0.05) is 18.9 Å². The second-order valence-electron chi connectivity index (χ2n) is 3.31. The van der Waals surface area contributed by atoms with Crippen molar-refractivity contribution in [1.29, 1.82) is 0 Å². The fraction of sp³-hybridized carbons (Fsp3) is 0.700. The maximum Gasteiger partial charge on any atom is 0.105 e. The highest BCUT2D eigenvalue weighted by molar-refractivity contribution is 4.88. The van der Waals surface area contributed by atoms with Crippen molar-refractivity contribution in [2.45, 2.75) is 40.2 Å². The Labute approximate surface area is 74.6 Å². The predicted octanol–water partition coefficient (Wildman–Crippen LogP) is 2.63. The van der Waals surface area contributed by atoms with Gasteiger partial charge in [-0.25, -0.2) is 4.98 Å². The number of hydrogen-bond acceptors (Lipinski definition) is 1. The van der Waals surface area contributed by atoms with E-state index in [9.17, 15) is 0 Å². The Morgan fingerprint density at radius 1 is 1.42 bits per heavy atom. The average Bonchev–Trinajstić information content (AvgIpc) is 2.47. The van der Waals surface area contributed by atoms with Gasteiger partial charge in [-0.3, -0.25) is 0 Å². The summed E-state index contributed by atoms with van der Waals surface area (Å²) in [5.74, 6) is 1.93. The molecule has 12 heavy (non-hydrogen) atoms. The Hall–Kier alpha value is -0.790. The number of aryl methyl sites for hydroxylation is 1. The lowest BCUT2D eigenvalue weighted by Gasteiger charge is -2.13. The third kappa shape index (κ3) is 2.10. The summed E-state index contributed by atoms with van der Waals surface area (Å²) >= 11 is 0. The highest BCUT2D eigenvalue weighted by Crippen LogP contribution is 2.11. The molecule has 1 aromatic heterocycles. The summed E-state index contributed by atoms with van der Waals surface area (Å²) in [5.41, 5.74) is 0. The Balaban J connectivity index is 2.56.